The van der Waals surface area contributed by atoms with E-state index in [2.05, 4.69) is 14.8 Å². The molecule has 3 heterocycles. The van der Waals surface area contributed by atoms with E-state index in [0.29, 0.717) is 26.9 Å². The van der Waals surface area contributed by atoms with Gasteiger partial charge in [0.15, 0.2) is 11.6 Å². The molecule has 1 aromatic heterocycles. The van der Waals surface area contributed by atoms with E-state index in [4.69, 9.17) is 33.7 Å². The van der Waals surface area contributed by atoms with Gasteiger partial charge in [0.05, 0.1) is 0 Å². The number of carbonyl (C=O) groups excluding carboxylic acids is 1. The fourth-order valence-corrected chi connectivity index (χ4v) is 5.61. The van der Waals surface area contributed by atoms with Crippen molar-refractivity contribution in [3.8, 4) is 16.9 Å². The Morgan fingerprint density at radius 1 is 1.00 bits per heavy atom. The summed E-state index contributed by atoms with van der Waals surface area (Å²) in [6.07, 6.45) is 6.34. The smallest absolute Gasteiger partial charge is 0.254 e. The Hall–Kier alpha value is -2.80. The summed E-state index contributed by atoms with van der Waals surface area (Å²) >= 11 is 12.5. The molecule has 0 saturated carbocycles. The van der Waals surface area contributed by atoms with Crippen LogP contribution in [0.1, 0.15) is 41.6 Å². The molecule has 2 aliphatic heterocycles. The Balaban J connectivity index is 1.33. The number of likely N-dealkylation sites (tertiary alicyclic amines) is 2. The number of nitrogens with zero attached hydrogens (tertiary/aromatic N) is 3. The van der Waals surface area contributed by atoms with Crippen LogP contribution in [0.15, 0.2) is 54.7 Å². The van der Waals surface area contributed by atoms with E-state index in [-0.39, 0.29) is 24.4 Å². The third-order valence-corrected chi connectivity index (χ3v) is 7.77. The quantitative estimate of drug-likeness (QED) is 0.415. The number of hydrogen-bond acceptors (Lipinski definition) is 5. The Bertz CT molecular complexity index is 1230. The van der Waals surface area contributed by atoms with Crippen LogP contribution in [0.3, 0.4) is 0 Å². The van der Waals surface area contributed by atoms with Gasteiger partial charge in [0.2, 0.25) is 0 Å². The van der Waals surface area contributed by atoms with Crippen molar-refractivity contribution in [1.29, 1.82) is 0 Å². The first-order valence-electron chi connectivity index (χ1n) is 12.4. The van der Waals surface area contributed by atoms with Crippen molar-refractivity contribution in [3.63, 3.8) is 0 Å². The second-order valence-electron chi connectivity index (χ2n) is 9.48. The maximum atomic E-state index is 13.5. The molecule has 0 radical (unpaired) electrons. The molecule has 2 fully saturated rings. The van der Waals surface area contributed by atoms with Gasteiger partial charge >= 0.3 is 0 Å². The summed E-state index contributed by atoms with van der Waals surface area (Å²) in [5.41, 5.74) is 9.15. The second-order valence-corrected chi connectivity index (χ2v) is 10.3. The molecule has 1 atom stereocenters. The molecule has 0 bridgehead atoms. The number of amides is 1. The Labute approximate surface area is 222 Å². The lowest BCUT2D eigenvalue weighted by molar-refractivity contribution is 0.0709. The standard InChI is InChI=1S/C28H30Cl2N4O2/c29-24-9-4-10-25(30)23(24)18-36-26-15-21(16-32-27(26)31)19-6-3-7-20(14-19)28(35)34-13-5-8-22(34)17-33-11-1-2-12-33/h3-4,6-7,9-10,14-16,22H,1-2,5,8,11-13,17-18H2,(H2,31,32). The van der Waals surface area contributed by atoms with Gasteiger partial charge in [-0.1, -0.05) is 41.4 Å². The van der Waals surface area contributed by atoms with E-state index >= 15 is 0 Å². The largest absolute Gasteiger partial charge is 0.485 e. The normalized spacial score (nSPS) is 18.1. The summed E-state index contributed by atoms with van der Waals surface area (Å²) in [5, 5.41) is 1.06. The molecule has 2 aliphatic rings. The van der Waals surface area contributed by atoms with Gasteiger partial charge in [0, 0.05) is 52.1 Å². The van der Waals surface area contributed by atoms with Crippen LogP contribution in [-0.2, 0) is 6.61 Å². The highest BCUT2D eigenvalue weighted by molar-refractivity contribution is 6.35. The summed E-state index contributed by atoms with van der Waals surface area (Å²) in [6.45, 7) is 4.24. The number of nitrogen functional groups attached to an aromatic ring is 1. The van der Waals surface area contributed by atoms with Crippen LogP contribution >= 0.6 is 23.2 Å². The zero-order valence-corrected chi connectivity index (χ0v) is 21.6. The van der Waals surface area contributed by atoms with Gasteiger partial charge in [-0.3, -0.25) is 4.79 Å². The van der Waals surface area contributed by atoms with Crippen molar-refractivity contribution in [1.82, 2.24) is 14.8 Å². The van der Waals surface area contributed by atoms with E-state index in [9.17, 15) is 4.79 Å². The lowest BCUT2D eigenvalue weighted by Crippen LogP contribution is -2.42. The molecule has 3 aromatic rings. The molecule has 0 aliphatic carbocycles. The summed E-state index contributed by atoms with van der Waals surface area (Å²) in [5.74, 6) is 0.799. The fourth-order valence-electron chi connectivity index (χ4n) is 5.10. The molecule has 2 aromatic carbocycles. The number of hydrogen-bond donors (Lipinski definition) is 1. The number of anilines is 1. The van der Waals surface area contributed by atoms with Crippen molar-refractivity contribution in [3.05, 3.63) is 75.9 Å². The first-order chi connectivity index (χ1) is 17.5. The van der Waals surface area contributed by atoms with Crippen LogP contribution in [0, 0.1) is 0 Å². The number of halogens is 2. The van der Waals surface area contributed by atoms with Gasteiger partial charge in [0.1, 0.15) is 6.61 Å². The van der Waals surface area contributed by atoms with Crippen molar-refractivity contribution in [2.45, 2.75) is 38.3 Å². The van der Waals surface area contributed by atoms with Gasteiger partial charge in [-0.25, -0.2) is 4.98 Å². The van der Waals surface area contributed by atoms with Gasteiger partial charge in [-0.15, -0.1) is 0 Å². The average molecular weight is 525 g/mol. The lowest BCUT2D eigenvalue weighted by atomic mass is 10.0. The number of benzene rings is 2. The summed E-state index contributed by atoms with van der Waals surface area (Å²) in [4.78, 5) is 22.3. The predicted molar refractivity (Wildman–Crippen MR) is 145 cm³/mol. The first kappa shape index (κ1) is 24.9. The highest BCUT2D eigenvalue weighted by atomic mass is 35.5. The molecular weight excluding hydrogens is 495 g/mol. The maximum Gasteiger partial charge on any atom is 0.254 e. The highest BCUT2D eigenvalue weighted by Crippen LogP contribution is 2.31. The predicted octanol–water partition coefficient (Wildman–Crippen LogP) is 5.92. The van der Waals surface area contributed by atoms with Crippen molar-refractivity contribution < 1.29 is 9.53 Å². The molecule has 8 heteroatoms. The molecule has 1 unspecified atom stereocenters. The molecule has 2 N–H and O–H groups in total. The van der Waals surface area contributed by atoms with E-state index in [1.807, 2.05) is 30.3 Å². The number of aromatic nitrogens is 1. The van der Waals surface area contributed by atoms with Crippen LogP contribution in [0.25, 0.3) is 11.1 Å². The molecule has 6 nitrogen and oxygen atoms in total. The van der Waals surface area contributed by atoms with Gasteiger partial charge in [-0.05, 0) is 74.7 Å². The molecule has 2 saturated heterocycles. The Morgan fingerprint density at radius 3 is 2.53 bits per heavy atom. The van der Waals surface area contributed by atoms with Crippen molar-refractivity contribution in [2.24, 2.45) is 0 Å². The van der Waals surface area contributed by atoms with E-state index in [1.54, 1.807) is 24.4 Å². The van der Waals surface area contributed by atoms with Crippen LogP contribution in [-0.4, -0.2) is 52.9 Å². The second kappa shape index (κ2) is 11.1. The summed E-state index contributed by atoms with van der Waals surface area (Å²) in [6, 6.07) is 15.1. The van der Waals surface area contributed by atoms with Crippen LogP contribution in [0.5, 0.6) is 5.75 Å². The maximum absolute atomic E-state index is 13.5. The topological polar surface area (TPSA) is 71.7 Å². The minimum absolute atomic E-state index is 0.0896. The van der Waals surface area contributed by atoms with Crippen molar-refractivity contribution >= 4 is 34.9 Å². The van der Waals surface area contributed by atoms with Crippen LogP contribution < -0.4 is 10.5 Å². The molecular formula is C28H30Cl2N4O2. The third kappa shape index (κ3) is 5.46. The minimum Gasteiger partial charge on any atom is -0.485 e. The van der Waals surface area contributed by atoms with Gasteiger partial charge in [0.25, 0.3) is 5.91 Å². The van der Waals surface area contributed by atoms with Crippen LogP contribution in [0.2, 0.25) is 10.0 Å². The number of nitrogens with two attached hydrogens (primary N) is 1. The Kier molecular flexibility index (Phi) is 7.65. The molecule has 1 amide bonds. The van der Waals surface area contributed by atoms with E-state index < -0.39 is 0 Å². The van der Waals surface area contributed by atoms with Crippen LogP contribution in [0.4, 0.5) is 5.82 Å². The molecule has 5 rings (SSSR count). The van der Waals surface area contributed by atoms with E-state index in [1.165, 1.54) is 12.8 Å². The fraction of sp³-hybridized carbons (Fsp3) is 0.357. The number of carbonyl (C=O) groups is 1. The monoisotopic (exact) mass is 524 g/mol. The molecule has 188 valence electrons. The minimum atomic E-state index is 0.0896. The molecule has 0 spiro atoms. The third-order valence-electron chi connectivity index (χ3n) is 7.06. The first-order valence-corrected chi connectivity index (χ1v) is 13.2. The Morgan fingerprint density at radius 2 is 1.75 bits per heavy atom. The average Bonchev–Trinajstić information content (AvgIpc) is 3.57. The zero-order valence-electron chi connectivity index (χ0n) is 20.1. The SMILES string of the molecule is Nc1ncc(-c2cccc(C(=O)N3CCCC3CN3CCCC3)c2)cc1OCc1c(Cl)cccc1Cl. The summed E-state index contributed by atoms with van der Waals surface area (Å²) in [7, 11) is 0. The summed E-state index contributed by atoms with van der Waals surface area (Å²) < 4.78 is 5.95. The molecule has 36 heavy (non-hydrogen) atoms. The van der Waals surface area contributed by atoms with E-state index in [0.717, 1.165) is 50.1 Å². The number of ether oxygens (including phenoxy) is 1. The highest BCUT2D eigenvalue weighted by Gasteiger charge is 2.31. The lowest BCUT2D eigenvalue weighted by Gasteiger charge is -2.28. The zero-order chi connectivity index (χ0) is 25.1. The number of rotatable bonds is 7. The van der Waals surface area contributed by atoms with Gasteiger partial charge < -0.3 is 20.3 Å². The number of pyridine rings is 1. The van der Waals surface area contributed by atoms with Gasteiger partial charge in [-0.2, -0.15) is 0 Å². The van der Waals surface area contributed by atoms with Crippen molar-refractivity contribution in [2.75, 3.05) is 31.9 Å².